The van der Waals surface area contributed by atoms with Crippen LogP contribution in [0.3, 0.4) is 0 Å². The molecule has 1 fully saturated rings. The van der Waals surface area contributed by atoms with Crippen LogP contribution in [0.1, 0.15) is 30.0 Å². The molecule has 1 aliphatic heterocycles. The van der Waals surface area contributed by atoms with Crippen LogP contribution in [-0.4, -0.2) is 35.8 Å². The normalized spacial score (nSPS) is 17.7. The van der Waals surface area contributed by atoms with Crippen molar-refractivity contribution in [2.45, 2.75) is 29.9 Å². The van der Waals surface area contributed by atoms with E-state index in [9.17, 15) is 13.2 Å². The van der Waals surface area contributed by atoms with E-state index in [4.69, 9.17) is 0 Å². The van der Waals surface area contributed by atoms with Crippen molar-refractivity contribution in [3.05, 3.63) is 45.5 Å². The van der Waals surface area contributed by atoms with Gasteiger partial charge in [-0.1, -0.05) is 0 Å². The van der Waals surface area contributed by atoms with Crippen LogP contribution >= 0.6 is 11.3 Å². The number of H-pyrrole nitrogens is 1. The van der Waals surface area contributed by atoms with Gasteiger partial charge >= 0.3 is 0 Å². The molecule has 0 amide bonds. The van der Waals surface area contributed by atoms with Gasteiger partial charge in [0.2, 0.25) is 0 Å². The van der Waals surface area contributed by atoms with Crippen LogP contribution in [0.25, 0.3) is 0 Å². The fourth-order valence-electron chi connectivity index (χ4n) is 2.67. The van der Waals surface area contributed by atoms with Crippen molar-refractivity contribution in [2.24, 2.45) is 0 Å². The lowest BCUT2D eigenvalue weighted by molar-refractivity contribution is 0.317. The minimum atomic E-state index is -3.39. The summed E-state index contributed by atoms with van der Waals surface area (Å²) in [5, 5.41) is 1.85. The Morgan fingerprint density at radius 1 is 1.32 bits per heavy atom. The summed E-state index contributed by atoms with van der Waals surface area (Å²) in [6.07, 6.45) is 2.76. The third kappa shape index (κ3) is 2.99. The van der Waals surface area contributed by atoms with E-state index >= 15 is 0 Å². The summed E-state index contributed by atoms with van der Waals surface area (Å²) in [5.41, 5.74) is 1.54. The molecule has 1 N–H and O–H groups in total. The van der Waals surface area contributed by atoms with E-state index in [1.54, 1.807) is 6.07 Å². The standard InChI is InChI=1S/C14H17N3O3S2/c1-10-6-14(21-8-10)22(19,20)17-4-2-11(3-5-17)12-7-13(18)16-9-15-12/h6-9,11H,2-5H2,1H3,(H,15,16,18). The molecule has 3 rings (SSSR count). The minimum Gasteiger partial charge on any atom is -0.313 e. The van der Waals surface area contributed by atoms with Crippen LogP contribution in [0.2, 0.25) is 0 Å². The Morgan fingerprint density at radius 2 is 2.05 bits per heavy atom. The molecule has 3 heterocycles. The van der Waals surface area contributed by atoms with E-state index in [1.165, 1.54) is 28.0 Å². The van der Waals surface area contributed by atoms with E-state index in [2.05, 4.69) is 9.97 Å². The molecule has 0 radical (unpaired) electrons. The summed E-state index contributed by atoms with van der Waals surface area (Å²) in [4.78, 5) is 18.0. The van der Waals surface area contributed by atoms with Crippen LogP contribution in [0, 0.1) is 6.92 Å². The molecule has 0 aromatic carbocycles. The molecule has 22 heavy (non-hydrogen) atoms. The Hall–Kier alpha value is -1.51. The molecular weight excluding hydrogens is 322 g/mol. The lowest BCUT2D eigenvalue weighted by Gasteiger charge is -2.30. The molecule has 1 saturated heterocycles. The Labute approximate surface area is 132 Å². The monoisotopic (exact) mass is 339 g/mol. The molecule has 2 aromatic rings. The number of thiophene rings is 1. The summed E-state index contributed by atoms with van der Waals surface area (Å²) in [6, 6.07) is 3.21. The van der Waals surface area contributed by atoms with Crippen molar-refractivity contribution in [2.75, 3.05) is 13.1 Å². The van der Waals surface area contributed by atoms with Gasteiger partial charge in [-0.05, 0) is 36.8 Å². The maximum atomic E-state index is 12.6. The third-order valence-corrected chi connectivity index (χ3v) is 7.30. The van der Waals surface area contributed by atoms with Crippen molar-refractivity contribution >= 4 is 21.4 Å². The molecular formula is C14H17N3O3S2. The first-order valence-electron chi connectivity index (χ1n) is 7.07. The molecule has 0 saturated carbocycles. The largest absolute Gasteiger partial charge is 0.313 e. The van der Waals surface area contributed by atoms with Gasteiger partial charge in [-0.15, -0.1) is 11.3 Å². The van der Waals surface area contributed by atoms with Crippen LogP contribution in [0.5, 0.6) is 0 Å². The Morgan fingerprint density at radius 3 is 2.64 bits per heavy atom. The van der Waals surface area contributed by atoms with Gasteiger partial charge in [-0.25, -0.2) is 13.4 Å². The Bertz CT molecular complexity index is 818. The second kappa shape index (κ2) is 5.94. The molecule has 0 spiro atoms. The zero-order chi connectivity index (χ0) is 15.7. The van der Waals surface area contributed by atoms with Gasteiger partial charge < -0.3 is 4.98 Å². The van der Waals surface area contributed by atoms with Gasteiger partial charge in [-0.3, -0.25) is 4.79 Å². The second-order valence-electron chi connectivity index (χ2n) is 5.46. The second-order valence-corrected chi connectivity index (χ2v) is 8.53. The number of nitrogens with zero attached hydrogens (tertiary/aromatic N) is 2. The number of sulfonamides is 1. The average Bonchev–Trinajstić information content (AvgIpc) is 2.95. The first-order chi connectivity index (χ1) is 10.5. The fraction of sp³-hybridized carbons (Fsp3) is 0.429. The van der Waals surface area contributed by atoms with E-state index < -0.39 is 10.0 Å². The lowest BCUT2D eigenvalue weighted by Crippen LogP contribution is -2.37. The molecule has 0 bridgehead atoms. The van der Waals surface area contributed by atoms with E-state index in [1.807, 2.05) is 12.3 Å². The number of piperidine rings is 1. The van der Waals surface area contributed by atoms with Crippen molar-refractivity contribution in [1.82, 2.24) is 14.3 Å². The molecule has 118 valence electrons. The van der Waals surface area contributed by atoms with Crippen LogP contribution in [0.4, 0.5) is 0 Å². The molecule has 6 nitrogen and oxygen atoms in total. The Balaban J connectivity index is 1.73. The number of rotatable bonds is 3. The van der Waals surface area contributed by atoms with Gasteiger partial charge in [0.25, 0.3) is 15.6 Å². The molecule has 0 aliphatic carbocycles. The third-order valence-electron chi connectivity index (χ3n) is 3.87. The zero-order valence-electron chi connectivity index (χ0n) is 12.2. The van der Waals surface area contributed by atoms with E-state index in [0.29, 0.717) is 30.1 Å². The summed E-state index contributed by atoms with van der Waals surface area (Å²) in [7, 11) is -3.39. The Kier molecular flexibility index (Phi) is 4.16. The van der Waals surface area contributed by atoms with Crippen molar-refractivity contribution in [3.8, 4) is 0 Å². The fourth-order valence-corrected chi connectivity index (χ4v) is 5.52. The van der Waals surface area contributed by atoms with Crippen LogP contribution in [0.15, 0.2) is 32.8 Å². The SMILES string of the molecule is Cc1csc(S(=O)(=O)N2CCC(c3cc(=O)[nH]cn3)CC2)c1. The number of hydrogen-bond acceptors (Lipinski definition) is 5. The maximum absolute atomic E-state index is 12.6. The highest BCUT2D eigenvalue weighted by Gasteiger charge is 2.31. The number of nitrogens with one attached hydrogen (secondary N) is 1. The molecule has 0 unspecified atom stereocenters. The molecule has 2 aromatic heterocycles. The number of hydrogen-bond donors (Lipinski definition) is 1. The van der Waals surface area contributed by atoms with E-state index in [-0.39, 0.29) is 11.5 Å². The van der Waals surface area contributed by atoms with Crippen LogP contribution in [-0.2, 0) is 10.0 Å². The summed E-state index contributed by atoms with van der Waals surface area (Å²) >= 11 is 1.26. The number of aryl methyl sites for hydroxylation is 1. The van der Waals surface area contributed by atoms with Crippen LogP contribution < -0.4 is 5.56 Å². The molecule has 8 heteroatoms. The summed E-state index contributed by atoms with van der Waals surface area (Å²) in [6.45, 7) is 2.80. The summed E-state index contributed by atoms with van der Waals surface area (Å²) in [5.74, 6) is 0.138. The zero-order valence-corrected chi connectivity index (χ0v) is 13.8. The highest BCUT2D eigenvalue weighted by atomic mass is 32.2. The first kappa shape index (κ1) is 15.4. The van der Waals surface area contributed by atoms with Gasteiger partial charge in [0, 0.05) is 25.1 Å². The average molecular weight is 339 g/mol. The molecule has 0 atom stereocenters. The van der Waals surface area contributed by atoms with Crippen molar-refractivity contribution in [3.63, 3.8) is 0 Å². The highest BCUT2D eigenvalue weighted by Crippen LogP contribution is 2.30. The van der Waals surface area contributed by atoms with Gasteiger partial charge in [-0.2, -0.15) is 4.31 Å². The quantitative estimate of drug-likeness (QED) is 0.923. The predicted molar refractivity (Wildman–Crippen MR) is 84.6 cm³/mol. The van der Waals surface area contributed by atoms with E-state index in [0.717, 1.165) is 11.3 Å². The number of aromatic amines is 1. The maximum Gasteiger partial charge on any atom is 0.252 e. The van der Waals surface area contributed by atoms with Crippen molar-refractivity contribution in [1.29, 1.82) is 0 Å². The number of aromatic nitrogens is 2. The predicted octanol–water partition coefficient (Wildman–Crippen LogP) is 1.71. The van der Waals surface area contributed by atoms with Gasteiger partial charge in [0.15, 0.2) is 0 Å². The topological polar surface area (TPSA) is 83.1 Å². The van der Waals surface area contributed by atoms with Crippen molar-refractivity contribution < 1.29 is 8.42 Å². The smallest absolute Gasteiger partial charge is 0.252 e. The summed E-state index contributed by atoms with van der Waals surface area (Å²) < 4.78 is 27.1. The lowest BCUT2D eigenvalue weighted by atomic mass is 9.94. The highest BCUT2D eigenvalue weighted by molar-refractivity contribution is 7.91. The molecule has 1 aliphatic rings. The van der Waals surface area contributed by atoms with Gasteiger partial charge in [0.1, 0.15) is 4.21 Å². The minimum absolute atomic E-state index is 0.138. The first-order valence-corrected chi connectivity index (χ1v) is 9.39. The van der Waals surface area contributed by atoms with Gasteiger partial charge in [0.05, 0.1) is 12.0 Å².